The number of benzene rings is 4. The number of anilines is 1. The summed E-state index contributed by atoms with van der Waals surface area (Å²) in [5, 5.41) is 2.52. The predicted octanol–water partition coefficient (Wildman–Crippen LogP) is 6.14. The van der Waals surface area contributed by atoms with Gasteiger partial charge < -0.3 is 19.1 Å². The third-order valence-electron chi connectivity index (χ3n) is 6.95. The lowest BCUT2D eigenvalue weighted by Crippen LogP contribution is -2.35. The quantitative estimate of drug-likeness (QED) is 0.137. The van der Waals surface area contributed by atoms with Crippen LogP contribution in [0.5, 0.6) is 11.5 Å². The van der Waals surface area contributed by atoms with Crippen molar-refractivity contribution in [3.63, 3.8) is 0 Å². The molecule has 0 unspecified atom stereocenters. The number of hydrogen-bond acceptors (Lipinski definition) is 6. The molecule has 4 aromatic rings. The summed E-state index contributed by atoms with van der Waals surface area (Å²) in [5.74, 6) is 0.239. The summed E-state index contributed by atoms with van der Waals surface area (Å²) in [4.78, 5) is 28.8. The van der Waals surface area contributed by atoms with Gasteiger partial charge in [0, 0.05) is 0 Å². The Morgan fingerprint density at radius 1 is 0.878 bits per heavy atom. The van der Waals surface area contributed by atoms with Crippen molar-refractivity contribution in [2.75, 3.05) is 25.7 Å². The molecule has 1 aliphatic heterocycles. The van der Waals surface area contributed by atoms with Gasteiger partial charge in [0.1, 0.15) is 18.8 Å². The van der Waals surface area contributed by atoms with Crippen LogP contribution in [0.4, 0.5) is 5.69 Å². The molecule has 41 heavy (non-hydrogen) atoms. The molecule has 0 aliphatic carbocycles. The van der Waals surface area contributed by atoms with Crippen LogP contribution in [0, 0.1) is 0 Å². The number of esters is 1. The Morgan fingerprint density at radius 2 is 1.61 bits per heavy atom. The first-order valence-electron chi connectivity index (χ1n) is 13.2. The monoisotopic (exact) mass is 566 g/mol. The minimum Gasteiger partial charge on any atom is -0.493 e. The molecule has 0 atom stereocenters. The molecule has 0 N–H and O–H groups in total. The molecule has 0 bridgehead atoms. The van der Waals surface area contributed by atoms with Crippen LogP contribution in [0.25, 0.3) is 16.8 Å². The van der Waals surface area contributed by atoms with Crippen molar-refractivity contribution < 1.29 is 23.8 Å². The Balaban J connectivity index is 1.41. The molecule has 0 aromatic heterocycles. The second-order valence-electron chi connectivity index (χ2n) is 9.52. The molecular formula is C33H30N2O5S. The zero-order valence-electron chi connectivity index (χ0n) is 23.1. The van der Waals surface area contributed by atoms with Crippen LogP contribution in [-0.4, -0.2) is 42.7 Å². The van der Waals surface area contributed by atoms with Crippen LogP contribution >= 0.6 is 12.2 Å². The van der Waals surface area contributed by atoms with Crippen LogP contribution in [0.1, 0.15) is 23.6 Å². The van der Waals surface area contributed by atoms with Gasteiger partial charge in [-0.1, -0.05) is 61.5 Å². The molecule has 0 saturated carbocycles. The molecule has 1 amide bonds. The van der Waals surface area contributed by atoms with E-state index in [0.29, 0.717) is 29.4 Å². The number of rotatable bonds is 9. The Hall–Kier alpha value is -4.69. The molecule has 5 rings (SSSR count). The fraction of sp³-hybridized carbons (Fsp3) is 0.182. The van der Waals surface area contributed by atoms with E-state index in [2.05, 4.69) is 31.2 Å². The van der Waals surface area contributed by atoms with Gasteiger partial charge in [-0.3, -0.25) is 14.5 Å². The maximum atomic E-state index is 13.6. The van der Waals surface area contributed by atoms with Crippen molar-refractivity contribution in [2.45, 2.75) is 20.0 Å². The van der Waals surface area contributed by atoms with Crippen LogP contribution < -0.4 is 14.4 Å². The van der Waals surface area contributed by atoms with Gasteiger partial charge in [-0.2, -0.15) is 0 Å². The van der Waals surface area contributed by atoms with Gasteiger partial charge in [0.05, 0.1) is 19.9 Å². The molecule has 8 heteroatoms. The lowest BCUT2D eigenvalue weighted by Gasteiger charge is -2.19. The minimum atomic E-state index is -0.510. The molecular weight excluding hydrogens is 536 g/mol. The highest BCUT2D eigenvalue weighted by molar-refractivity contribution is 7.80. The zero-order chi connectivity index (χ0) is 28.9. The van der Waals surface area contributed by atoms with E-state index < -0.39 is 5.97 Å². The summed E-state index contributed by atoms with van der Waals surface area (Å²) >= 11 is 5.66. The summed E-state index contributed by atoms with van der Waals surface area (Å²) in [6, 6.07) is 27.4. The van der Waals surface area contributed by atoms with Crippen molar-refractivity contribution in [3.05, 3.63) is 107 Å². The van der Waals surface area contributed by atoms with Crippen LogP contribution in [0.2, 0.25) is 0 Å². The molecule has 0 radical (unpaired) electrons. The second kappa shape index (κ2) is 12.2. The SMILES string of the molecule is CCc1ccc(N2C(=O)/C(=C/c3ccc(OCc4ccc5ccccc5c4)c(OC)c3)N(CC(=O)OC)C2=S)cc1. The van der Waals surface area contributed by atoms with E-state index >= 15 is 0 Å². The smallest absolute Gasteiger partial charge is 0.325 e. The van der Waals surface area contributed by atoms with Crippen LogP contribution in [0.3, 0.4) is 0 Å². The van der Waals surface area contributed by atoms with E-state index in [1.165, 1.54) is 22.3 Å². The van der Waals surface area contributed by atoms with E-state index in [1.54, 1.807) is 25.3 Å². The Kier molecular flexibility index (Phi) is 8.31. The normalized spacial score (nSPS) is 14.2. The van der Waals surface area contributed by atoms with Gasteiger partial charge in [0.25, 0.3) is 5.91 Å². The number of nitrogens with zero attached hydrogens (tertiary/aromatic N) is 2. The van der Waals surface area contributed by atoms with Crippen LogP contribution in [-0.2, 0) is 27.4 Å². The number of hydrogen-bond donors (Lipinski definition) is 0. The summed E-state index contributed by atoms with van der Waals surface area (Å²) in [5.41, 5.74) is 3.75. The summed E-state index contributed by atoms with van der Waals surface area (Å²) in [6.45, 7) is 2.24. The summed E-state index contributed by atoms with van der Waals surface area (Å²) in [7, 11) is 2.87. The van der Waals surface area contributed by atoms with Crippen molar-refractivity contribution in [3.8, 4) is 11.5 Å². The van der Waals surface area contributed by atoms with Gasteiger partial charge in [0.2, 0.25) is 0 Å². The first kappa shape index (κ1) is 27.9. The van der Waals surface area contributed by atoms with E-state index in [-0.39, 0.29) is 23.3 Å². The third kappa shape index (κ3) is 5.93. The molecule has 0 spiro atoms. The highest BCUT2D eigenvalue weighted by Crippen LogP contribution is 2.33. The number of aryl methyl sites for hydroxylation is 1. The number of amides is 1. The highest BCUT2D eigenvalue weighted by atomic mass is 32.1. The van der Waals surface area contributed by atoms with Gasteiger partial charge in [-0.15, -0.1) is 0 Å². The Morgan fingerprint density at radius 3 is 2.32 bits per heavy atom. The minimum absolute atomic E-state index is 0.194. The van der Waals surface area contributed by atoms with Crippen molar-refractivity contribution >= 4 is 51.7 Å². The average molecular weight is 567 g/mol. The number of fused-ring (bicyclic) bond motifs is 1. The lowest BCUT2D eigenvalue weighted by atomic mass is 10.1. The van der Waals surface area contributed by atoms with Gasteiger partial charge in [-0.05, 0) is 82.5 Å². The average Bonchev–Trinajstić information content (AvgIpc) is 3.23. The van der Waals surface area contributed by atoms with Gasteiger partial charge >= 0.3 is 5.97 Å². The molecule has 1 fully saturated rings. The van der Waals surface area contributed by atoms with Crippen LogP contribution in [0.15, 0.2) is 90.6 Å². The Bertz CT molecular complexity index is 1650. The molecule has 4 aromatic carbocycles. The number of thiocarbonyl (C=S) groups is 1. The van der Waals surface area contributed by atoms with E-state index in [0.717, 1.165) is 22.9 Å². The molecule has 1 heterocycles. The molecule has 208 valence electrons. The lowest BCUT2D eigenvalue weighted by molar-refractivity contribution is -0.140. The third-order valence-corrected chi connectivity index (χ3v) is 7.36. The highest BCUT2D eigenvalue weighted by Gasteiger charge is 2.40. The maximum absolute atomic E-state index is 13.6. The maximum Gasteiger partial charge on any atom is 0.325 e. The number of carbonyl (C=O) groups excluding carboxylic acids is 2. The first-order chi connectivity index (χ1) is 19.9. The summed E-state index contributed by atoms with van der Waals surface area (Å²) < 4.78 is 16.6. The van der Waals surface area contributed by atoms with Crippen molar-refractivity contribution in [1.82, 2.24) is 4.90 Å². The number of carbonyl (C=O) groups is 2. The van der Waals surface area contributed by atoms with Gasteiger partial charge in [0.15, 0.2) is 16.6 Å². The molecule has 7 nitrogen and oxygen atoms in total. The second-order valence-corrected chi connectivity index (χ2v) is 9.88. The fourth-order valence-corrected chi connectivity index (χ4v) is 5.03. The standard InChI is InChI=1S/C33H30N2O5S/c1-4-22-10-14-27(15-11-22)35-32(37)28(34(33(35)41)20-31(36)39-3)18-23-12-16-29(30(19-23)38-2)40-21-24-9-13-25-7-5-6-8-26(25)17-24/h5-19H,4,20-21H2,1-3H3/b28-18-. The molecule has 1 aliphatic rings. The van der Waals surface area contributed by atoms with Crippen molar-refractivity contribution in [2.24, 2.45) is 0 Å². The summed E-state index contributed by atoms with van der Waals surface area (Å²) in [6.07, 6.45) is 2.57. The van der Waals surface area contributed by atoms with Gasteiger partial charge in [-0.25, -0.2) is 0 Å². The van der Waals surface area contributed by atoms with E-state index in [9.17, 15) is 9.59 Å². The van der Waals surface area contributed by atoms with E-state index in [1.807, 2.05) is 48.5 Å². The topological polar surface area (TPSA) is 68.3 Å². The largest absolute Gasteiger partial charge is 0.493 e. The molecule has 1 saturated heterocycles. The number of methoxy groups -OCH3 is 2. The first-order valence-corrected chi connectivity index (χ1v) is 13.6. The van der Waals surface area contributed by atoms with E-state index in [4.69, 9.17) is 26.4 Å². The number of ether oxygens (including phenoxy) is 3. The Labute approximate surface area is 244 Å². The fourth-order valence-electron chi connectivity index (χ4n) is 4.68. The zero-order valence-corrected chi connectivity index (χ0v) is 23.9. The predicted molar refractivity (Wildman–Crippen MR) is 164 cm³/mol. The van der Waals surface area contributed by atoms with Crippen molar-refractivity contribution in [1.29, 1.82) is 0 Å².